The molecule has 0 saturated heterocycles. The molecule has 1 aliphatic rings. The first kappa shape index (κ1) is 14.6. The number of fused-ring (bicyclic) bond motifs is 1. The summed E-state index contributed by atoms with van der Waals surface area (Å²) in [5.41, 5.74) is 9.28. The van der Waals surface area contributed by atoms with Gasteiger partial charge in [-0.25, -0.2) is 0 Å². The first-order valence-electron chi connectivity index (χ1n) is 6.91. The second-order valence-corrected chi connectivity index (χ2v) is 8.42. The van der Waals surface area contributed by atoms with E-state index >= 15 is 0 Å². The van der Waals surface area contributed by atoms with Gasteiger partial charge in [0, 0.05) is 25.7 Å². The van der Waals surface area contributed by atoms with E-state index in [2.05, 4.69) is 52.5 Å². The second kappa shape index (κ2) is 6.22. The Hall–Kier alpha value is -0.290. The summed E-state index contributed by atoms with van der Waals surface area (Å²) in [5.74, 6) is 0. The smallest absolute Gasteiger partial charge is 0.0586 e. The number of benzene rings is 1. The van der Waals surface area contributed by atoms with Gasteiger partial charge >= 0.3 is 0 Å². The van der Waals surface area contributed by atoms with Crippen LogP contribution >= 0.6 is 39.0 Å². The van der Waals surface area contributed by atoms with E-state index in [9.17, 15) is 0 Å². The van der Waals surface area contributed by atoms with Crippen molar-refractivity contribution < 1.29 is 0 Å². The maximum atomic E-state index is 6.21. The SMILES string of the molecule is CC(N)C(Sc1ccc2c(c1)CCC2)c1cc(Br)cs1. The van der Waals surface area contributed by atoms with E-state index in [1.165, 1.54) is 40.2 Å². The molecular weight excluding hydrogens is 350 g/mol. The van der Waals surface area contributed by atoms with Gasteiger partial charge in [-0.2, -0.15) is 0 Å². The average molecular weight is 368 g/mol. The van der Waals surface area contributed by atoms with Crippen LogP contribution in [0.2, 0.25) is 0 Å². The van der Waals surface area contributed by atoms with Crippen LogP contribution in [0.3, 0.4) is 0 Å². The zero-order valence-corrected chi connectivity index (χ0v) is 14.7. The molecule has 2 atom stereocenters. The molecule has 3 rings (SSSR count). The van der Waals surface area contributed by atoms with Crippen molar-refractivity contribution in [1.82, 2.24) is 0 Å². The van der Waals surface area contributed by atoms with E-state index in [4.69, 9.17) is 5.73 Å². The lowest BCUT2D eigenvalue weighted by molar-refractivity contribution is 0.730. The number of thiophene rings is 1. The molecule has 2 aromatic rings. The number of halogens is 1. The van der Waals surface area contributed by atoms with Gasteiger partial charge in [0.1, 0.15) is 0 Å². The zero-order chi connectivity index (χ0) is 14.1. The van der Waals surface area contributed by atoms with Gasteiger partial charge in [-0.1, -0.05) is 6.07 Å². The van der Waals surface area contributed by atoms with E-state index in [-0.39, 0.29) is 6.04 Å². The van der Waals surface area contributed by atoms with Crippen LogP contribution in [-0.2, 0) is 12.8 Å². The standard InChI is InChI=1S/C16H18BrNS2/c1-10(18)16(15-8-13(17)9-19-15)20-14-6-5-11-3-2-4-12(11)7-14/h5-10,16H,2-4,18H2,1H3. The van der Waals surface area contributed by atoms with Crippen LogP contribution in [-0.4, -0.2) is 6.04 Å². The molecular formula is C16H18BrNS2. The molecule has 0 spiro atoms. The van der Waals surface area contributed by atoms with Crippen molar-refractivity contribution in [3.63, 3.8) is 0 Å². The third-order valence-corrected chi connectivity index (χ3v) is 7.07. The van der Waals surface area contributed by atoms with Crippen LogP contribution in [0.5, 0.6) is 0 Å². The molecule has 1 aromatic carbocycles. The highest BCUT2D eigenvalue weighted by Crippen LogP contribution is 2.41. The van der Waals surface area contributed by atoms with E-state index in [0.29, 0.717) is 5.25 Å². The van der Waals surface area contributed by atoms with Gasteiger partial charge in [0.15, 0.2) is 0 Å². The summed E-state index contributed by atoms with van der Waals surface area (Å²) in [6.45, 7) is 2.10. The van der Waals surface area contributed by atoms with Crippen molar-refractivity contribution in [1.29, 1.82) is 0 Å². The predicted octanol–water partition coefficient (Wildman–Crippen LogP) is 5.18. The summed E-state index contributed by atoms with van der Waals surface area (Å²) in [6.07, 6.45) is 3.78. The molecule has 2 unspecified atom stereocenters. The summed E-state index contributed by atoms with van der Waals surface area (Å²) in [5, 5.41) is 2.46. The zero-order valence-electron chi connectivity index (χ0n) is 11.4. The molecule has 1 nitrogen and oxygen atoms in total. The molecule has 0 fully saturated rings. The maximum Gasteiger partial charge on any atom is 0.0586 e. The topological polar surface area (TPSA) is 26.0 Å². The minimum Gasteiger partial charge on any atom is -0.327 e. The third kappa shape index (κ3) is 3.14. The Morgan fingerprint density at radius 2 is 2.05 bits per heavy atom. The van der Waals surface area contributed by atoms with E-state index in [1.807, 2.05) is 11.8 Å². The van der Waals surface area contributed by atoms with Crippen molar-refractivity contribution in [3.05, 3.63) is 50.1 Å². The lowest BCUT2D eigenvalue weighted by Crippen LogP contribution is -2.21. The first-order valence-corrected chi connectivity index (χ1v) is 9.46. The van der Waals surface area contributed by atoms with Gasteiger partial charge in [-0.15, -0.1) is 23.1 Å². The lowest BCUT2D eigenvalue weighted by atomic mass is 10.1. The summed E-state index contributed by atoms with van der Waals surface area (Å²) >= 11 is 7.21. The monoisotopic (exact) mass is 367 g/mol. The van der Waals surface area contributed by atoms with Gasteiger partial charge in [0.2, 0.25) is 0 Å². The molecule has 0 saturated carbocycles. The van der Waals surface area contributed by atoms with Crippen LogP contribution in [0.25, 0.3) is 0 Å². The lowest BCUT2D eigenvalue weighted by Gasteiger charge is -2.19. The fourth-order valence-corrected chi connectivity index (χ4v) is 5.57. The predicted molar refractivity (Wildman–Crippen MR) is 92.7 cm³/mol. The van der Waals surface area contributed by atoms with Crippen LogP contribution in [0.1, 0.15) is 34.6 Å². The molecule has 0 amide bonds. The number of hydrogen-bond donors (Lipinski definition) is 1. The summed E-state index contributed by atoms with van der Waals surface area (Å²) < 4.78 is 1.15. The molecule has 1 aromatic heterocycles. The van der Waals surface area contributed by atoms with Crippen molar-refractivity contribution in [3.8, 4) is 0 Å². The fraction of sp³-hybridized carbons (Fsp3) is 0.375. The maximum absolute atomic E-state index is 6.21. The van der Waals surface area contributed by atoms with Gasteiger partial charge in [-0.3, -0.25) is 0 Å². The minimum absolute atomic E-state index is 0.138. The van der Waals surface area contributed by atoms with Gasteiger partial charge in [0.05, 0.1) is 5.25 Å². The first-order chi connectivity index (χ1) is 9.63. The fourth-order valence-electron chi connectivity index (χ4n) is 2.67. The molecule has 1 aliphatic carbocycles. The quantitative estimate of drug-likeness (QED) is 0.753. The molecule has 4 heteroatoms. The summed E-state index contributed by atoms with van der Waals surface area (Å²) in [7, 11) is 0. The van der Waals surface area contributed by atoms with E-state index in [0.717, 1.165) is 4.47 Å². The number of rotatable bonds is 4. The van der Waals surface area contributed by atoms with Crippen LogP contribution in [0.15, 0.2) is 39.0 Å². The van der Waals surface area contributed by atoms with Gasteiger partial charge in [0.25, 0.3) is 0 Å². The van der Waals surface area contributed by atoms with Crippen molar-refractivity contribution in [2.45, 2.75) is 42.4 Å². The minimum atomic E-state index is 0.138. The Balaban J connectivity index is 1.83. The highest BCUT2D eigenvalue weighted by atomic mass is 79.9. The van der Waals surface area contributed by atoms with Crippen LogP contribution in [0.4, 0.5) is 0 Å². The Kier molecular flexibility index (Phi) is 4.55. The van der Waals surface area contributed by atoms with Crippen molar-refractivity contribution in [2.24, 2.45) is 5.73 Å². The molecule has 0 bridgehead atoms. The number of nitrogens with two attached hydrogens (primary N) is 1. The van der Waals surface area contributed by atoms with Gasteiger partial charge in [-0.05, 0) is 71.4 Å². The van der Waals surface area contributed by atoms with E-state index in [1.54, 1.807) is 11.3 Å². The van der Waals surface area contributed by atoms with Gasteiger partial charge < -0.3 is 5.73 Å². The number of hydrogen-bond acceptors (Lipinski definition) is 3. The molecule has 0 radical (unpaired) electrons. The highest BCUT2D eigenvalue weighted by molar-refractivity contribution is 9.10. The Morgan fingerprint density at radius 3 is 2.75 bits per heavy atom. The molecule has 2 N–H and O–H groups in total. The average Bonchev–Trinajstić information content (AvgIpc) is 3.03. The number of thioether (sulfide) groups is 1. The summed E-state index contributed by atoms with van der Waals surface area (Å²) in [4.78, 5) is 2.69. The van der Waals surface area contributed by atoms with Crippen LogP contribution < -0.4 is 5.73 Å². The second-order valence-electron chi connectivity index (χ2n) is 5.35. The van der Waals surface area contributed by atoms with Crippen molar-refractivity contribution >= 4 is 39.0 Å². The third-order valence-electron chi connectivity index (χ3n) is 3.68. The number of aryl methyl sites for hydroxylation is 2. The summed E-state index contributed by atoms with van der Waals surface area (Å²) in [6, 6.07) is 9.25. The van der Waals surface area contributed by atoms with E-state index < -0.39 is 0 Å². The highest BCUT2D eigenvalue weighted by Gasteiger charge is 2.20. The molecule has 106 valence electrons. The molecule has 20 heavy (non-hydrogen) atoms. The van der Waals surface area contributed by atoms with Crippen molar-refractivity contribution in [2.75, 3.05) is 0 Å². The van der Waals surface area contributed by atoms with Crippen LogP contribution in [0, 0.1) is 0 Å². The normalized spacial score (nSPS) is 16.9. The Bertz CT molecular complexity index is 606. The molecule has 0 aliphatic heterocycles. The largest absolute Gasteiger partial charge is 0.327 e. The Labute approximate surface area is 137 Å². The molecule has 1 heterocycles. The Morgan fingerprint density at radius 1 is 1.25 bits per heavy atom.